The highest BCUT2D eigenvalue weighted by molar-refractivity contribution is 9.10. The summed E-state index contributed by atoms with van der Waals surface area (Å²) in [6.07, 6.45) is 0.306. The van der Waals surface area contributed by atoms with Crippen LogP contribution in [0.1, 0.15) is 27.2 Å². The molecule has 0 fully saturated rings. The van der Waals surface area contributed by atoms with Crippen molar-refractivity contribution in [3.63, 3.8) is 0 Å². The number of hydroxylamine groups is 1. The van der Waals surface area contributed by atoms with Crippen LogP contribution in [0.2, 0.25) is 5.02 Å². The van der Waals surface area contributed by atoms with Gasteiger partial charge < -0.3 is 9.67 Å². The maximum Gasteiger partial charge on any atom is 0.276 e. The molecule has 0 radical (unpaired) electrons. The van der Waals surface area contributed by atoms with Crippen LogP contribution in [-0.2, 0) is 18.3 Å². The van der Waals surface area contributed by atoms with Gasteiger partial charge in [-0.25, -0.2) is 5.48 Å². The van der Waals surface area contributed by atoms with Crippen LogP contribution in [-0.4, -0.2) is 28.8 Å². The Balaban J connectivity index is 2.45. The first-order chi connectivity index (χ1) is 11.8. The summed E-state index contributed by atoms with van der Waals surface area (Å²) in [6, 6.07) is 6.97. The molecule has 0 atom stereocenters. The maximum absolute atomic E-state index is 12.4. The average Bonchev–Trinajstić information content (AvgIpc) is 2.57. The summed E-state index contributed by atoms with van der Waals surface area (Å²) in [6.45, 7) is 1.41. The van der Waals surface area contributed by atoms with Gasteiger partial charge in [-0.05, 0) is 30.7 Å². The third kappa shape index (κ3) is 4.70. The number of nitrogens with zero attached hydrogens (tertiary/aromatic N) is 1. The van der Waals surface area contributed by atoms with Crippen LogP contribution in [0, 0.1) is 6.92 Å². The van der Waals surface area contributed by atoms with Gasteiger partial charge in [0.25, 0.3) is 11.5 Å². The van der Waals surface area contributed by atoms with Crippen molar-refractivity contribution in [3.05, 3.63) is 66.5 Å². The van der Waals surface area contributed by atoms with Gasteiger partial charge in [-0.3, -0.25) is 14.4 Å². The van der Waals surface area contributed by atoms with Crippen LogP contribution in [0.5, 0.6) is 0 Å². The molecule has 1 heterocycles. The predicted octanol–water partition coefficient (Wildman–Crippen LogP) is 2.35. The number of nitrogens with one attached hydrogen (secondary N) is 1. The topological polar surface area (TPSA) is 80.6 Å². The minimum Gasteiger partial charge on any atom is -0.394 e. The van der Waals surface area contributed by atoms with Crippen LogP contribution in [0.3, 0.4) is 0 Å². The Morgan fingerprint density at radius 3 is 2.76 bits per heavy atom. The van der Waals surface area contributed by atoms with E-state index in [1.54, 1.807) is 20.0 Å². The minimum atomic E-state index is -0.490. The van der Waals surface area contributed by atoms with Crippen molar-refractivity contribution in [3.8, 4) is 0 Å². The number of aromatic nitrogens is 1. The number of carbonyl (C=O) groups is 1. The Labute approximate surface area is 158 Å². The van der Waals surface area contributed by atoms with E-state index < -0.39 is 5.91 Å². The lowest BCUT2D eigenvalue weighted by Gasteiger charge is -2.16. The molecule has 0 bridgehead atoms. The molecule has 0 unspecified atom stereocenters. The van der Waals surface area contributed by atoms with E-state index in [2.05, 4.69) is 21.4 Å². The molecule has 0 spiro atoms. The van der Waals surface area contributed by atoms with Gasteiger partial charge in [0.1, 0.15) is 0 Å². The maximum atomic E-state index is 12.4. The zero-order valence-corrected chi connectivity index (χ0v) is 16.1. The third-order valence-corrected chi connectivity index (χ3v) is 4.54. The highest BCUT2D eigenvalue weighted by Crippen LogP contribution is 2.24. The second kappa shape index (κ2) is 8.62. The van der Waals surface area contributed by atoms with Crippen molar-refractivity contribution in [2.24, 2.45) is 7.05 Å². The molecule has 2 rings (SSSR count). The fraction of sp³-hybridized carbons (Fsp3) is 0.294. The molecule has 1 amide bonds. The van der Waals surface area contributed by atoms with Crippen molar-refractivity contribution in [2.45, 2.75) is 13.3 Å². The average molecular weight is 430 g/mol. The summed E-state index contributed by atoms with van der Waals surface area (Å²) >= 11 is 9.62. The molecule has 8 heteroatoms. The smallest absolute Gasteiger partial charge is 0.276 e. The van der Waals surface area contributed by atoms with E-state index in [0.717, 1.165) is 10.0 Å². The van der Waals surface area contributed by atoms with Gasteiger partial charge in [-0.1, -0.05) is 33.6 Å². The normalized spacial score (nSPS) is 10.8. The standard InChI is InChI=1S/C17H18BrClN2O4/c1-10-7-13(16(23)20-25-6-5-22)15(21(2)17(10)24)8-11-3-4-12(18)9-14(11)19/h3-4,7,9,22H,5-6,8H2,1-2H3,(H,20,23). The van der Waals surface area contributed by atoms with Crippen molar-refractivity contribution < 1.29 is 14.7 Å². The molecule has 0 aliphatic rings. The van der Waals surface area contributed by atoms with E-state index in [4.69, 9.17) is 21.5 Å². The Bertz CT molecular complexity index is 851. The van der Waals surface area contributed by atoms with Crippen molar-refractivity contribution in [2.75, 3.05) is 13.2 Å². The van der Waals surface area contributed by atoms with Gasteiger partial charge in [0, 0.05) is 34.2 Å². The first-order valence-corrected chi connectivity index (χ1v) is 8.68. The lowest BCUT2D eigenvalue weighted by Crippen LogP contribution is -2.31. The second-order valence-corrected chi connectivity index (χ2v) is 6.79. The van der Waals surface area contributed by atoms with Gasteiger partial charge in [0.2, 0.25) is 0 Å². The highest BCUT2D eigenvalue weighted by atomic mass is 79.9. The number of rotatable bonds is 6. The van der Waals surface area contributed by atoms with E-state index in [0.29, 0.717) is 28.3 Å². The number of aliphatic hydroxyl groups is 1. The van der Waals surface area contributed by atoms with Crippen LogP contribution >= 0.6 is 27.5 Å². The molecule has 6 nitrogen and oxygen atoms in total. The zero-order chi connectivity index (χ0) is 18.6. The number of aryl methyl sites for hydroxylation is 1. The summed E-state index contributed by atoms with van der Waals surface area (Å²) in [4.78, 5) is 29.6. The third-order valence-electron chi connectivity index (χ3n) is 3.69. The number of benzene rings is 1. The van der Waals surface area contributed by atoms with Crippen molar-refractivity contribution >= 4 is 33.4 Å². The second-order valence-electron chi connectivity index (χ2n) is 5.47. The largest absolute Gasteiger partial charge is 0.394 e. The Kier molecular flexibility index (Phi) is 6.78. The number of amides is 1. The quantitative estimate of drug-likeness (QED) is 0.546. The van der Waals surface area contributed by atoms with Gasteiger partial charge in [0.05, 0.1) is 18.8 Å². The number of hydrogen-bond donors (Lipinski definition) is 2. The summed E-state index contributed by atoms with van der Waals surface area (Å²) in [5.41, 5.74) is 4.15. The summed E-state index contributed by atoms with van der Waals surface area (Å²) in [7, 11) is 1.61. The highest BCUT2D eigenvalue weighted by Gasteiger charge is 2.18. The van der Waals surface area contributed by atoms with Gasteiger partial charge >= 0.3 is 0 Å². The molecule has 0 saturated heterocycles. The van der Waals surface area contributed by atoms with E-state index >= 15 is 0 Å². The lowest BCUT2D eigenvalue weighted by atomic mass is 10.0. The molecule has 1 aromatic heterocycles. The number of carbonyl (C=O) groups excluding carboxylic acids is 1. The molecule has 0 saturated carbocycles. The van der Waals surface area contributed by atoms with E-state index in [1.807, 2.05) is 12.1 Å². The monoisotopic (exact) mass is 428 g/mol. The van der Waals surface area contributed by atoms with Crippen molar-refractivity contribution in [1.82, 2.24) is 10.0 Å². The molecule has 25 heavy (non-hydrogen) atoms. The van der Waals surface area contributed by atoms with E-state index in [9.17, 15) is 9.59 Å². The molecular formula is C17H18BrClN2O4. The molecule has 0 aliphatic heterocycles. The molecular weight excluding hydrogens is 412 g/mol. The molecule has 134 valence electrons. The van der Waals surface area contributed by atoms with Crippen LogP contribution in [0.4, 0.5) is 0 Å². The Hall–Kier alpha value is -1.67. The van der Waals surface area contributed by atoms with E-state index in [-0.39, 0.29) is 18.8 Å². The van der Waals surface area contributed by atoms with Crippen LogP contribution in [0.15, 0.2) is 33.5 Å². The van der Waals surface area contributed by atoms with Gasteiger partial charge in [-0.2, -0.15) is 0 Å². The lowest BCUT2D eigenvalue weighted by molar-refractivity contribution is 0.0167. The first kappa shape index (κ1) is 19.7. The summed E-state index contributed by atoms with van der Waals surface area (Å²) in [5, 5.41) is 9.27. The number of halogens is 2. The zero-order valence-electron chi connectivity index (χ0n) is 13.8. The van der Waals surface area contributed by atoms with E-state index in [1.165, 1.54) is 10.6 Å². The Morgan fingerprint density at radius 2 is 2.12 bits per heavy atom. The van der Waals surface area contributed by atoms with Crippen LogP contribution < -0.4 is 11.0 Å². The molecule has 0 aliphatic carbocycles. The SMILES string of the molecule is Cc1cc(C(=O)NOCCO)c(Cc2ccc(Br)cc2Cl)n(C)c1=O. The summed E-state index contributed by atoms with van der Waals surface area (Å²) < 4.78 is 2.28. The first-order valence-electron chi connectivity index (χ1n) is 7.51. The minimum absolute atomic E-state index is 0.0235. The summed E-state index contributed by atoms with van der Waals surface area (Å²) in [5.74, 6) is -0.490. The Morgan fingerprint density at radius 1 is 1.40 bits per heavy atom. The fourth-order valence-corrected chi connectivity index (χ4v) is 3.14. The van der Waals surface area contributed by atoms with Gasteiger partial charge in [-0.15, -0.1) is 0 Å². The number of hydrogen-bond acceptors (Lipinski definition) is 4. The molecule has 2 aromatic rings. The predicted molar refractivity (Wildman–Crippen MR) is 98.9 cm³/mol. The fourth-order valence-electron chi connectivity index (χ4n) is 2.40. The van der Waals surface area contributed by atoms with Gasteiger partial charge in [0.15, 0.2) is 0 Å². The molecule has 2 N–H and O–H groups in total. The van der Waals surface area contributed by atoms with Crippen LogP contribution in [0.25, 0.3) is 0 Å². The van der Waals surface area contributed by atoms with Crippen molar-refractivity contribution in [1.29, 1.82) is 0 Å². The number of aliphatic hydroxyl groups excluding tert-OH is 1. The molecule has 1 aromatic carbocycles. The number of pyridine rings is 1.